The second-order valence-electron chi connectivity index (χ2n) is 6.70. The van der Waals surface area contributed by atoms with Gasteiger partial charge < -0.3 is 10.0 Å². The third kappa shape index (κ3) is 3.44. The number of likely N-dealkylation sites (tertiary alicyclic amines) is 1. The van der Waals surface area contributed by atoms with Crippen LogP contribution in [0, 0.1) is 17.8 Å². The zero-order chi connectivity index (χ0) is 15.0. The molecule has 0 amide bonds. The highest BCUT2D eigenvalue weighted by Gasteiger charge is 2.55. The molecule has 1 aromatic rings. The number of rotatable bonds is 7. The quantitative estimate of drug-likeness (QED) is 0.797. The van der Waals surface area contributed by atoms with Crippen molar-refractivity contribution >= 4 is 5.97 Å². The van der Waals surface area contributed by atoms with Crippen molar-refractivity contribution in [1.82, 2.24) is 19.6 Å². The molecule has 6 heteroatoms. The molecule has 3 atom stereocenters. The van der Waals surface area contributed by atoms with Gasteiger partial charge in [-0.25, -0.2) is 0 Å². The molecule has 2 heterocycles. The Morgan fingerprint density at radius 2 is 2.14 bits per heavy atom. The molecule has 3 rings (SSSR count). The highest BCUT2D eigenvalue weighted by Crippen LogP contribution is 2.51. The van der Waals surface area contributed by atoms with Crippen LogP contribution in [0.5, 0.6) is 0 Å². The van der Waals surface area contributed by atoms with Crippen molar-refractivity contribution in [1.29, 1.82) is 0 Å². The molecule has 2 aliphatic rings. The van der Waals surface area contributed by atoms with E-state index in [4.69, 9.17) is 5.11 Å². The SMILES string of the molecule is CN(C)CC1[C@H]2CN(Cc3cnn(CCC(=O)O)c3)C[C@@H]12. The molecule has 0 bridgehead atoms. The van der Waals surface area contributed by atoms with Crippen molar-refractivity contribution in [3.63, 3.8) is 0 Å². The summed E-state index contributed by atoms with van der Waals surface area (Å²) in [6, 6.07) is 0. The predicted molar refractivity (Wildman–Crippen MR) is 78.8 cm³/mol. The maximum atomic E-state index is 10.6. The maximum absolute atomic E-state index is 10.6. The van der Waals surface area contributed by atoms with Crippen LogP contribution in [0.2, 0.25) is 0 Å². The van der Waals surface area contributed by atoms with Gasteiger partial charge in [0.1, 0.15) is 0 Å². The normalized spacial score (nSPS) is 28.0. The number of aromatic nitrogens is 2. The van der Waals surface area contributed by atoms with Crippen LogP contribution in [0.4, 0.5) is 0 Å². The average molecular weight is 292 g/mol. The lowest BCUT2D eigenvalue weighted by Crippen LogP contribution is -2.27. The molecule has 1 aromatic heterocycles. The van der Waals surface area contributed by atoms with Crippen molar-refractivity contribution in [2.45, 2.75) is 19.5 Å². The molecule has 21 heavy (non-hydrogen) atoms. The number of hydrogen-bond donors (Lipinski definition) is 1. The number of aryl methyl sites for hydroxylation is 1. The third-order valence-corrected chi connectivity index (χ3v) is 4.67. The van der Waals surface area contributed by atoms with E-state index in [2.05, 4.69) is 29.0 Å². The van der Waals surface area contributed by atoms with Crippen LogP contribution in [0.3, 0.4) is 0 Å². The molecule has 0 spiro atoms. The number of fused-ring (bicyclic) bond motifs is 1. The fraction of sp³-hybridized carbons (Fsp3) is 0.733. The largest absolute Gasteiger partial charge is 0.481 e. The Hall–Kier alpha value is -1.40. The molecule has 116 valence electrons. The zero-order valence-electron chi connectivity index (χ0n) is 12.8. The van der Waals surface area contributed by atoms with Crippen molar-refractivity contribution < 1.29 is 9.90 Å². The predicted octanol–water partition coefficient (Wildman–Crippen LogP) is 0.597. The van der Waals surface area contributed by atoms with Crippen molar-refractivity contribution in [2.75, 3.05) is 33.7 Å². The standard InChI is InChI=1S/C15H24N4O2/c1-17(2)8-12-13-9-18(10-14(12)13)6-11-5-16-19(7-11)4-3-15(20)21/h5,7,12-14H,3-4,6,8-10H2,1-2H3,(H,20,21)/t12?,13-,14+. The van der Waals surface area contributed by atoms with Gasteiger partial charge in [0.15, 0.2) is 0 Å². The number of carboxylic acids is 1. The third-order valence-electron chi connectivity index (χ3n) is 4.67. The second-order valence-corrected chi connectivity index (χ2v) is 6.70. The maximum Gasteiger partial charge on any atom is 0.305 e. The summed E-state index contributed by atoms with van der Waals surface area (Å²) in [6.45, 7) is 5.00. The minimum Gasteiger partial charge on any atom is -0.481 e. The summed E-state index contributed by atoms with van der Waals surface area (Å²) < 4.78 is 1.73. The van der Waals surface area contributed by atoms with E-state index in [0.717, 1.165) is 24.3 Å². The van der Waals surface area contributed by atoms with Crippen LogP contribution in [0.25, 0.3) is 0 Å². The monoisotopic (exact) mass is 292 g/mol. The van der Waals surface area contributed by atoms with E-state index in [-0.39, 0.29) is 6.42 Å². The van der Waals surface area contributed by atoms with Crippen LogP contribution in [-0.2, 0) is 17.9 Å². The van der Waals surface area contributed by atoms with Gasteiger partial charge in [0.2, 0.25) is 0 Å². The molecule has 2 fully saturated rings. The van der Waals surface area contributed by atoms with E-state index in [1.165, 1.54) is 25.2 Å². The van der Waals surface area contributed by atoms with Crippen molar-refractivity contribution in [3.05, 3.63) is 18.0 Å². The van der Waals surface area contributed by atoms with Gasteiger partial charge in [-0.15, -0.1) is 0 Å². The lowest BCUT2D eigenvalue weighted by molar-refractivity contribution is -0.137. The summed E-state index contributed by atoms with van der Waals surface area (Å²) in [5.74, 6) is 1.89. The fourth-order valence-electron chi connectivity index (χ4n) is 3.64. The van der Waals surface area contributed by atoms with Crippen LogP contribution >= 0.6 is 0 Å². The smallest absolute Gasteiger partial charge is 0.305 e. The first-order chi connectivity index (χ1) is 10.0. The van der Waals surface area contributed by atoms with Gasteiger partial charge in [-0.05, 0) is 31.8 Å². The number of carbonyl (C=O) groups is 1. The average Bonchev–Trinajstić information content (AvgIpc) is 2.84. The van der Waals surface area contributed by atoms with Gasteiger partial charge in [-0.1, -0.05) is 0 Å². The van der Waals surface area contributed by atoms with Gasteiger partial charge in [-0.2, -0.15) is 5.10 Å². The van der Waals surface area contributed by atoms with Crippen LogP contribution in [0.15, 0.2) is 12.4 Å². The molecular formula is C15H24N4O2. The number of piperidine rings is 1. The Bertz CT molecular complexity index is 502. The number of nitrogens with zero attached hydrogens (tertiary/aromatic N) is 4. The highest BCUT2D eigenvalue weighted by molar-refractivity contribution is 5.66. The Kier molecular flexibility index (Phi) is 3.99. The first kappa shape index (κ1) is 14.5. The zero-order valence-corrected chi connectivity index (χ0v) is 12.8. The number of carboxylic acid groups (broad SMARTS) is 1. The van der Waals surface area contributed by atoms with Crippen LogP contribution < -0.4 is 0 Å². The van der Waals surface area contributed by atoms with Crippen molar-refractivity contribution in [2.24, 2.45) is 17.8 Å². The summed E-state index contributed by atoms with van der Waals surface area (Å²) >= 11 is 0. The Balaban J connectivity index is 1.44. The topological polar surface area (TPSA) is 61.6 Å². The molecule has 1 N–H and O–H groups in total. The highest BCUT2D eigenvalue weighted by atomic mass is 16.4. The summed E-state index contributed by atoms with van der Waals surface area (Å²) in [4.78, 5) is 15.3. The van der Waals surface area contributed by atoms with Gasteiger partial charge in [0.05, 0.1) is 19.2 Å². The molecule has 1 saturated carbocycles. The van der Waals surface area contributed by atoms with Gasteiger partial charge in [0.25, 0.3) is 0 Å². The summed E-state index contributed by atoms with van der Waals surface area (Å²) in [5, 5.41) is 12.9. The minimum atomic E-state index is -0.779. The molecule has 6 nitrogen and oxygen atoms in total. The molecule has 0 aromatic carbocycles. The lowest BCUT2D eigenvalue weighted by Gasteiger charge is -2.19. The second kappa shape index (κ2) is 5.77. The van der Waals surface area contributed by atoms with Gasteiger partial charge >= 0.3 is 5.97 Å². The van der Waals surface area contributed by atoms with E-state index < -0.39 is 5.97 Å². The molecule has 0 radical (unpaired) electrons. The van der Waals surface area contributed by atoms with Crippen molar-refractivity contribution in [3.8, 4) is 0 Å². The fourth-order valence-corrected chi connectivity index (χ4v) is 3.64. The van der Waals surface area contributed by atoms with E-state index in [1.54, 1.807) is 4.68 Å². The minimum absolute atomic E-state index is 0.126. The lowest BCUT2D eigenvalue weighted by atomic mass is 10.2. The first-order valence-corrected chi connectivity index (χ1v) is 7.63. The van der Waals surface area contributed by atoms with Gasteiger partial charge in [-0.3, -0.25) is 14.4 Å². The van der Waals surface area contributed by atoms with Gasteiger partial charge in [0, 0.05) is 37.9 Å². The summed E-state index contributed by atoms with van der Waals surface area (Å²) in [6.07, 6.45) is 3.97. The van der Waals surface area contributed by atoms with E-state index >= 15 is 0 Å². The molecule has 1 unspecified atom stereocenters. The van der Waals surface area contributed by atoms with Crippen LogP contribution in [0.1, 0.15) is 12.0 Å². The van der Waals surface area contributed by atoms with Crippen LogP contribution in [-0.4, -0.2) is 64.4 Å². The Morgan fingerprint density at radius 1 is 1.43 bits per heavy atom. The summed E-state index contributed by atoms with van der Waals surface area (Å²) in [5.41, 5.74) is 1.19. The first-order valence-electron chi connectivity index (χ1n) is 7.63. The van der Waals surface area contributed by atoms with E-state index in [0.29, 0.717) is 6.54 Å². The van der Waals surface area contributed by atoms with E-state index in [9.17, 15) is 4.79 Å². The molecular weight excluding hydrogens is 268 g/mol. The molecule has 1 aliphatic carbocycles. The Labute approximate surface area is 125 Å². The number of aliphatic carboxylic acids is 1. The Morgan fingerprint density at radius 3 is 2.76 bits per heavy atom. The molecule has 1 saturated heterocycles. The van der Waals surface area contributed by atoms with E-state index in [1.807, 2.05) is 12.4 Å². The molecule has 1 aliphatic heterocycles. The number of hydrogen-bond acceptors (Lipinski definition) is 4. The summed E-state index contributed by atoms with van der Waals surface area (Å²) in [7, 11) is 4.30.